The lowest BCUT2D eigenvalue weighted by molar-refractivity contribution is -0.154. The van der Waals surface area contributed by atoms with Gasteiger partial charge in [-0.3, -0.25) is 14.4 Å². The molecule has 240 valence electrons. The van der Waals surface area contributed by atoms with E-state index in [2.05, 4.69) is 27.7 Å². The molecule has 0 radical (unpaired) electrons. The van der Waals surface area contributed by atoms with Gasteiger partial charge in [0, 0.05) is 74.5 Å². The standard InChI is InChI=1S/C36H46N4O4S/c1-37-32-11-5-4-10-31(32)36(44-26-41)15-21-39(22-16-36)34(42)24-27(23-28-25-45-33-12-6-3-9-30(28)33)35(43)40-19-13-29(14-20-40)38-17-7-2-8-18-38/h3-6,9-12,25-27,29,37H,2,7-8,13-24H2,1H3/t27-/m0/s1. The summed E-state index contributed by atoms with van der Waals surface area (Å²) in [5.41, 5.74) is 2.20. The highest BCUT2D eigenvalue weighted by Gasteiger charge is 2.41. The van der Waals surface area contributed by atoms with E-state index in [1.165, 1.54) is 42.4 Å². The molecule has 2 amide bonds. The van der Waals surface area contributed by atoms with E-state index in [0.717, 1.165) is 42.7 Å². The van der Waals surface area contributed by atoms with Crippen LogP contribution >= 0.6 is 11.3 Å². The Bertz CT molecular complexity index is 1470. The van der Waals surface area contributed by atoms with Gasteiger partial charge in [0.25, 0.3) is 6.47 Å². The summed E-state index contributed by atoms with van der Waals surface area (Å²) in [5.74, 6) is -0.308. The Morgan fingerprint density at radius 2 is 1.67 bits per heavy atom. The van der Waals surface area contributed by atoms with Gasteiger partial charge in [0.1, 0.15) is 5.60 Å². The van der Waals surface area contributed by atoms with Crippen molar-refractivity contribution in [3.63, 3.8) is 0 Å². The number of anilines is 1. The van der Waals surface area contributed by atoms with Gasteiger partial charge in [0.2, 0.25) is 11.8 Å². The third kappa shape index (κ3) is 6.89. The van der Waals surface area contributed by atoms with Crippen molar-refractivity contribution in [2.45, 2.75) is 69.4 Å². The van der Waals surface area contributed by atoms with Gasteiger partial charge in [-0.15, -0.1) is 11.3 Å². The molecule has 3 aromatic rings. The average Bonchev–Trinajstić information content (AvgIpc) is 3.51. The van der Waals surface area contributed by atoms with E-state index in [-0.39, 0.29) is 18.2 Å². The minimum atomic E-state index is -0.790. The average molecular weight is 631 g/mol. The highest BCUT2D eigenvalue weighted by molar-refractivity contribution is 7.17. The van der Waals surface area contributed by atoms with E-state index in [1.807, 2.05) is 53.2 Å². The van der Waals surface area contributed by atoms with Gasteiger partial charge in [0.15, 0.2) is 0 Å². The van der Waals surface area contributed by atoms with Crippen LogP contribution in [0.25, 0.3) is 10.1 Å². The summed E-state index contributed by atoms with van der Waals surface area (Å²) < 4.78 is 6.97. The molecule has 8 nitrogen and oxygen atoms in total. The number of hydrogen-bond donors (Lipinski definition) is 1. The molecule has 2 aromatic carbocycles. The summed E-state index contributed by atoms with van der Waals surface area (Å²) >= 11 is 1.70. The van der Waals surface area contributed by atoms with Crippen LogP contribution in [-0.4, -0.2) is 85.3 Å². The van der Waals surface area contributed by atoms with Crippen LogP contribution in [-0.2, 0) is 31.1 Å². The quantitative estimate of drug-likeness (QED) is 0.291. The van der Waals surface area contributed by atoms with Gasteiger partial charge < -0.3 is 24.8 Å². The Balaban J connectivity index is 1.16. The van der Waals surface area contributed by atoms with E-state index in [4.69, 9.17) is 4.74 Å². The van der Waals surface area contributed by atoms with Crippen molar-refractivity contribution in [1.82, 2.24) is 14.7 Å². The molecule has 0 aliphatic carbocycles. The lowest BCUT2D eigenvalue weighted by Crippen LogP contribution is -2.50. The normalized spacial score (nSPS) is 20.1. The van der Waals surface area contributed by atoms with Crippen LogP contribution in [0.2, 0.25) is 0 Å². The Kier molecular flexibility index (Phi) is 10.0. The number of fused-ring (bicyclic) bond motifs is 1. The first-order chi connectivity index (χ1) is 22.0. The van der Waals surface area contributed by atoms with Crippen LogP contribution in [0.5, 0.6) is 0 Å². The topological polar surface area (TPSA) is 82.2 Å². The van der Waals surface area contributed by atoms with E-state index in [1.54, 1.807) is 11.3 Å². The third-order valence-electron chi connectivity index (χ3n) is 10.4. The Hall–Kier alpha value is -3.43. The summed E-state index contributed by atoms with van der Waals surface area (Å²) in [7, 11) is 1.86. The predicted octanol–water partition coefficient (Wildman–Crippen LogP) is 5.66. The van der Waals surface area contributed by atoms with Crippen molar-refractivity contribution in [3.8, 4) is 0 Å². The smallest absolute Gasteiger partial charge is 0.293 e. The zero-order chi connectivity index (χ0) is 31.2. The first-order valence-corrected chi connectivity index (χ1v) is 17.5. The fourth-order valence-electron chi connectivity index (χ4n) is 7.79. The molecule has 1 atom stereocenters. The molecule has 0 bridgehead atoms. The number of ether oxygens (including phenoxy) is 1. The van der Waals surface area contributed by atoms with Crippen molar-refractivity contribution in [2.24, 2.45) is 5.92 Å². The van der Waals surface area contributed by atoms with Crippen LogP contribution < -0.4 is 5.32 Å². The minimum absolute atomic E-state index is 0.00214. The molecular formula is C36H46N4O4S. The third-order valence-corrected chi connectivity index (χ3v) is 11.4. The summed E-state index contributed by atoms with van der Waals surface area (Å²) in [6.07, 6.45) is 7.65. The van der Waals surface area contributed by atoms with Crippen molar-refractivity contribution in [1.29, 1.82) is 0 Å². The maximum absolute atomic E-state index is 14.2. The fraction of sp³-hybridized carbons (Fsp3) is 0.528. The number of carbonyl (C=O) groups excluding carboxylic acids is 3. The molecule has 0 unspecified atom stereocenters. The predicted molar refractivity (Wildman–Crippen MR) is 179 cm³/mol. The number of amides is 2. The summed E-state index contributed by atoms with van der Waals surface area (Å²) in [5, 5.41) is 6.54. The number of likely N-dealkylation sites (tertiary alicyclic amines) is 3. The number of para-hydroxylation sites is 1. The van der Waals surface area contributed by atoms with Gasteiger partial charge in [0.05, 0.1) is 5.92 Å². The molecule has 3 saturated heterocycles. The monoisotopic (exact) mass is 630 g/mol. The second-order valence-electron chi connectivity index (χ2n) is 12.9. The highest BCUT2D eigenvalue weighted by atomic mass is 32.1. The van der Waals surface area contributed by atoms with Crippen molar-refractivity contribution in [2.75, 3.05) is 51.6 Å². The number of thiophene rings is 1. The second-order valence-corrected chi connectivity index (χ2v) is 13.8. The molecule has 45 heavy (non-hydrogen) atoms. The van der Waals surface area contributed by atoms with Gasteiger partial charge >= 0.3 is 0 Å². The van der Waals surface area contributed by atoms with E-state index in [0.29, 0.717) is 44.9 Å². The zero-order valence-electron chi connectivity index (χ0n) is 26.4. The molecule has 1 N–H and O–H groups in total. The largest absolute Gasteiger partial charge is 0.456 e. The summed E-state index contributed by atoms with van der Waals surface area (Å²) in [6.45, 7) is 5.33. The molecule has 3 fully saturated rings. The zero-order valence-corrected chi connectivity index (χ0v) is 27.2. The van der Waals surface area contributed by atoms with Crippen LogP contribution in [0, 0.1) is 5.92 Å². The molecule has 3 aliphatic rings. The minimum Gasteiger partial charge on any atom is -0.456 e. The molecule has 9 heteroatoms. The first kappa shape index (κ1) is 31.5. The van der Waals surface area contributed by atoms with Crippen molar-refractivity contribution in [3.05, 3.63) is 65.0 Å². The Morgan fingerprint density at radius 3 is 2.40 bits per heavy atom. The fourth-order valence-corrected chi connectivity index (χ4v) is 8.77. The van der Waals surface area contributed by atoms with Crippen LogP contribution in [0.4, 0.5) is 5.69 Å². The molecule has 6 rings (SSSR count). The van der Waals surface area contributed by atoms with Crippen LogP contribution in [0.3, 0.4) is 0 Å². The van der Waals surface area contributed by atoms with Crippen LogP contribution in [0.1, 0.15) is 62.5 Å². The van der Waals surface area contributed by atoms with E-state index in [9.17, 15) is 14.4 Å². The van der Waals surface area contributed by atoms with Gasteiger partial charge in [-0.1, -0.05) is 42.8 Å². The van der Waals surface area contributed by atoms with Gasteiger partial charge in [-0.2, -0.15) is 0 Å². The first-order valence-electron chi connectivity index (χ1n) is 16.7. The molecule has 0 saturated carbocycles. The maximum Gasteiger partial charge on any atom is 0.293 e. The summed E-state index contributed by atoms with van der Waals surface area (Å²) in [4.78, 5) is 46.2. The van der Waals surface area contributed by atoms with Crippen molar-refractivity contribution >= 4 is 45.4 Å². The highest BCUT2D eigenvalue weighted by Crippen LogP contribution is 2.40. The number of hydrogen-bond acceptors (Lipinski definition) is 7. The van der Waals surface area contributed by atoms with Gasteiger partial charge in [-0.05, 0) is 73.7 Å². The number of benzene rings is 2. The number of nitrogens with zero attached hydrogens (tertiary/aromatic N) is 3. The molecule has 1 aromatic heterocycles. The molecule has 4 heterocycles. The molecule has 0 spiro atoms. The number of carbonyl (C=O) groups is 3. The summed E-state index contributed by atoms with van der Waals surface area (Å²) in [6, 6.07) is 16.7. The Morgan fingerprint density at radius 1 is 0.956 bits per heavy atom. The van der Waals surface area contributed by atoms with Crippen LogP contribution in [0.15, 0.2) is 53.9 Å². The maximum atomic E-state index is 14.2. The Labute approximate surface area is 270 Å². The number of rotatable bonds is 10. The lowest BCUT2D eigenvalue weighted by atomic mass is 9.82. The number of piperidine rings is 3. The molecule has 3 aliphatic heterocycles. The lowest BCUT2D eigenvalue weighted by Gasteiger charge is -2.42. The van der Waals surface area contributed by atoms with E-state index < -0.39 is 11.5 Å². The SMILES string of the molecule is CNc1ccccc1C1(OC=O)CCN(C(=O)C[C@H](Cc2csc3ccccc23)C(=O)N2CCC(N3CCCCC3)CC2)CC1. The van der Waals surface area contributed by atoms with Gasteiger partial charge in [-0.25, -0.2) is 0 Å². The van der Waals surface area contributed by atoms with E-state index >= 15 is 0 Å². The second kappa shape index (κ2) is 14.3. The van der Waals surface area contributed by atoms with Crippen molar-refractivity contribution < 1.29 is 19.1 Å². The molecular weight excluding hydrogens is 584 g/mol. The number of nitrogens with one attached hydrogen (secondary N) is 1.